The third kappa shape index (κ3) is 3.92. The molecule has 1 aliphatic heterocycles. The second kappa shape index (κ2) is 8.16. The smallest absolute Gasteiger partial charge is 0.336 e. The summed E-state index contributed by atoms with van der Waals surface area (Å²) in [7, 11) is 1.32. The Hall–Kier alpha value is -2.95. The van der Waals surface area contributed by atoms with E-state index in [1.807, 2.05) is 37.3 Å². The van der Waals surface area contributed by atoms with Crippen molar-refractivity contribution >= 4 is 11.9 Å². The van der Waals surface area contributed by atoms with E-state index in [9.17, 15) is 14.0 Å². The number of rotatable bonds is 5. The molecule has 0 aromatic heterocycles. The maximum atomic E-state index is 13.7. The first-order valence-corrected chi connectivity index (χ1v) is 8.96. The minimum absolute atomic E-state index is 0.0855. The Balaban J connectivity index is 2.08. The summed E-state index contributed by atoms with van der Waals surface area (Å²) in [5.74, 6) is -1.47. The van der Waals surface area contributed by atoms with Crippen LogP contribution in [0.3, 0.4) is 0 Å². The molecule has 27 heavy (non-hydrogen) atoms. The zero-order valence-electron chi connectivity index (χ0n) is 15.4. The van der Waals surface area contributed by atoms with Crippen LogP contribution < -0.4 is 0 Å². The molecule has 3 rings (SSSR count). The second-order valence-electron chi connectivity index (χ2n) is 6.48. The minimum Gasteiger partial charge on any atom is -0.466 e. The van der Waals surface area contributed by atoms with Crippen molar-refractivity contribution in [3.05, 3.63) is 82.8 Å². The molecule has 1 unspecified atom stereocenters. The molecule has 0 saturated carbocycles. The summed E-state index contributed by atoms with van der Waals surface area (Å²) in [6, 6.07) is 15.7. The van der Waals surface area contributed by atoms with Crippen LogP contribution in [-0.2, 0) is 20.9 Å². The third-order valence-electron chi connectivity index (χ3n) is 4.84. The summed E-state index contributed by atoms with van der Waals surface area (Å²) >= 11 is 0. The normalized spacial score (nSPS) is 17.2. The van der Waals surface area contributed by atoms with Crippen LogP contribution in [0.4, 0.5) is 4.39 Å². The fourth-order valence-corrected chi connectivity index (χ4v) is 3.59. The fraction of sp³-hybridized carbons (Fsp3) is 0.273. The van der Waals surface area contributed by atoms with Gasteiger partial charge in [0, 0.05) is 18.0 Å². The zero-order chi connectivity index (χ0) is 19.4. The van der Waals surface area contributed by atoms with Crippen LogP contribution in [0, 0.1) is 5.82 Å². The zero-order valence-corrected chi connectivity index (χ0v) is 15.4. The van der Waals surface area contributed by atoms with Gasteiger partial charge in [0.05, 0.1) is 19.2 Å². The van der Waals surface area contributed by atoms with E-state index in [4.69, 9.17) is 4.74 Å². The predicted octanol–water partition coefficient (Wildman–Crippen LogP) is 4.18. The lowest BCUT2D eigenvalue weighted by atomic mass is 9.82. The van der Waals surface area contributed by atoms with Gasteiger partial charge in [0.1, 0.15) is 5.82 Å². The number of benzene rings is 2. The van der Waals surface area contributed by atoms with Gasteiger partial charge in [0.2, 0.25) is 5.91 Å². The van der Waals surface area contributed by atoms with Gasteiger partial charge in [0.15, 0.2) is 0 Å². The van der Waals surface area contributed by atoms with Crippen LogP contribution in [-0.4, -0.2) is 23.9 Å². The molecule has 1 aliphatic rings. The Labute approximate surface area is 158 Å². The van der Waals surface area contributed by atoms with E-state index in [0.29, 0.717) is 29.8 Å². The quantitative estimate of drug-likeness (QED) is 0.745. The number of nitrogens with zero attached hydrogens (tertiary/aromatic N) is 1. The van der Waals surface area contributed by atoms with Crippen molar-refractivity contribution in [1.82, 2.24) is 4.90 Å². The molecule has 0 aliphatic carbocycles. The van der Waals surface area contributed by atoms with Crippen molar-refractivity contribution < 1.29 is 18.7 Å². The molecule has 0 spiro atoms. The van der Waals surface area contributed by atoms with Crippen molar-refractivity contribution in [2.24, 2.45) is 0 Å². The van der Waals surface area contributed by atoms with Crippen LogP contribution in [0.25, 0.3) is 0 Å². The first-order valence-electron chi connectivity index (χ1n) is 8.96. The molecule has 0 fully saturated rings. The summed E-state index contributed by atoms with van der Waals surface area (Å²) in [6.07, 6.45) is 0.596. The number of amides is 1. The van der Waals surface area contributed by atoms with Crippen molar-refractivity contribution in [2.75, 3.05) is 7.11 Å². The van der Waals surface area contributed by atoms with E-state index >= 15 is 0 Å². The fourth-order valence-electron chi connectivity index (χ4n) is 3.59. The topological polar surface area (TPSA) is 46.6 Å². The summed E-state index contributed by atoms with van der Waals surface area (Å²) in [6.45, 7) is 2.29. The van der Waals surface area contributed by atoms with Crippen LogP contribution in [0.1, 0.15) is 36.8 Å². The molecule has 2 aromatic rings. The number of carbonyl (C=O) groups excluding carboxylic acids is 2. The number of methoxy groups -OCH3 is 1. The van der Waals surface area contributed by atoms with Crippen molar-refractivity contribution in [3.8, 4) is 0 Å². The number of esters is 1. The number of ether oxygens (including phenoxy) is 1. The maximum absolute atomic E-state index is 13.7. The van der Waals surface area contributed by atoms with Crippen molar-refractivity contribution in [2.45, 2.75) is 32.2 Å². The highest BCUT2D eigenvalue weighted by Gasteiger charge is 2.37. The second-order valence-corrected chi connectivity index (χ2v) is 6.48. The molecule has 0 bridgehead atoms. The Kier molecular flexibility index (Phi) is 5.69. The molecule has 1 amide bonds. The molecule has 4 nitrogen and oxygen atoms in total. The first kappa shape index (κ1) is 18.8. The Morgan fingerprint density at radius 1 is 1.19 bits per heavy atom. The van der Waals surface area contributed by atoms with E-state index in [2.05, 4.69) is 0 Å². The third-order valence-corrected chi connectivity index (χ3v) is 4.84. The van der Waals surface area contributed by atoms with Gasteiger partial charge in [0.25, 0.3) is 0 Å². The van der Waals surface area contributed by atoms with E-state index < -0.39 is 17.7 Å². The van der Waals surface area contributed by atoms with Crippen LogP contribution in [0.15, 0.2) is 65.9 Å². The maximum Gasteiger partial charge on any atom is 0.336 e. The Morgan fingerprint density at radius 2 is 1.93 bits per heavy atom. The number of halogens is 1. The lowest BCUT2D eigenvalue weighted by Gasteiger charge is -2.35. The number of carbonyl (C=O) groups is 2. The van der Waals surface area contributed by atoms with Crippen LogP contribution >= 0.6 is 0 Å². The van der Waals surface area contributed by atoms with E-state index in [1.54, 1.807) is 17.0 Å². The standard InChI is InChI=1S/C22H22FNO3/c1-3-19-21(22(26)27-2)18(16-10-7-11-17(23)12-16)13-20(25)24(19)14-15-8-5-4-6-9-15/h4-12,18H,3,13-14H2,1-2H3. The van der Waals surface area contributed by atoms with E-state index in [1.165, 1.54) is 19.2 Å². The highest BCUT2D eigenvalue weighted by molar-refractivity contribution is 5.95. The van der Waals surface area contributed by atoms with Crippen LogP contribution in [0.5, 0.6) is 0 Å². The predicted molar refractivity (Wildman–Crippen MR) is 100 cm³/mol. The SMILES string of the molecule is CCC1=C(C(=O)OC)C(c2cccc(F)c2)CC(=O)N1Cc1ccccc1. The molecule has 140 valence electrons. The summed E-state index contributed by atoms with van der Waals surface area (Å²) in [4.78, 5) is 27.2. The molecule has 1 heterocycles. The molecule has 2 aromatic carbocycles. The highest BCUT2D eigenvalue weighted by Crippen LogP contribution is 2.39. The Bertz CT molecular complexity index is 876. The van der Waals surface area contributed by atoms with Gasteiger partial charge in [-0.15, -0.1) is 0 Å². The monoisotopic (exact) mass is 367 g/mol. The summed E-state index contributed by atoms with van der Waals surface area (Å²) in [5, 5.41) is 0. The van der Waals surface area contributed by atoms with Gasteiger partial charge in [-0.2, -0.15) is 0 Å². The molecule has 0 N–H and O–H groups in total. The average Bonchev–Trinajstić information content (AvgIpc) is 2.69. The first-order chi connectivity index (χ1) is 13.0. The lowest BCUT2D eigenvalue weighted by Crippen LogP contribution is -2.38. The molecular formula is C22H22FNO3. The molecule has 1 atom stereocenters. The number of allylic oxidation sites excluding steroid dienone is 1. The van der Waals surface area contributed by atoms with Gasteiger partial charge in [-0.1, -0.05) is 49.4 Å². The van der Waals surface area contributed by atoms with Crippen molar-refractivity contribution in [1.29, 1.82) is 0 Å². The molecule has 5 heteroatoms. The van der Waals surface area contributed by atoms with Gasteiger partial charge in [-0.25, -0.2) is 9.18 Å². The van der Waals surface area contributed by atoms with Gasteiger partial charge >= 0.3 is 5.97 Å². The molecule has 0 radical (unpaired) electrons. The summed E-state index contributed by atoms with van der Waals surface area (Å²) in [5.41, 5.74) is 2.65. The van der Waals surface area contributed by atoms with E-state index in [-0.39, 0.29) is 12.3 Å². The number of hydrogen-bond acceptors (Lipinski definition) is 3. The van der Waals surface area contributed by atoms with Gasteiger partial charge in [-0.3, -0.25) is 4.79 Å². The Morgan fingerprint density at radius 3 is 2.56 bits per heavy atom. The highest BCUT2D eigenvalue weighted by atomic mass is 19.1. The lowest BCUT2D eigenvalue weighted by molar-refractivity contribution is -0.138. The minimum atomic E-state index is -0.511. The van der Waals surface area contributed by atoms with E-state index in [0.717, 1.165) is 5.56 Å². The average molecular weight is 367 g/mol. The molecule has 0 saturated heterocycles. The van der Waals surface area contributed by atoms with Gasteiger partial charge < -0.3 is 9.64 Å². The summed E-state index contributed by atoms with van der Waals surface area (Å²) < 4.78 is 18.8. The molecular weight excluding hydrogens is 345 g/mol. The number of hydrogen-bond donors (Lipinski definition) is 0. The van der Waals surface area contributed by atoms with Gasteiger partial charge in [-0.05, 0) is 29.7 Å². The van der Waals surface area contributed by atoms with Crippen LogP contribution in [0.2, 0.25) is 0 Å². The largest absolute Gasteiger partial charge is 0.466 e. The van der Waals surface area contributed by atoms with Crippen molar-refractivity contribution in [3.63, 3.8) is 0 Å².